The molecule has 0 aliphatic carbocycles. The van der Waals surface area contributed by atoms with Crippen molar-refractivity contribution in [3.63, 3.8) is 0 Å². The highest BCUT2D eigenvalue weighted by Gasteiger charge is 2.35. The number of nitrogens with two attached hydrogens (primary N) is 1. The van der Waals surface area contributed by atoms with Gasteiger partial charge in [-0.2, -0.15) is 0 Å². The van der Waals surface area contributed by atoms with Crippen molar-refractivity contribution in [1.82, 2.24) is 4.90 Å². The average Bonchev–Trinajstić information content (AvgIpc) is 2.45. The van der Waals surface area contributed by atoms with Crippen LogP contribution < -0.4 is 5.73 Å². The Morgan fingerprint density at radius 1 is 1.57 bits per heavy atom. The molecule has 1 aliphatic rings. The van der Waals surface area contributed by atoms with Gasteiger partial charge in [0.25, 0.3) is 0 Å². The van der Waals surface area contributed by atoms with Gasteiger partial charge in [0.1, 0.15) is 0 Å². The van der Waals surface area contributed by atoms with Crippen molar-refractivity contribution in [3.8, 4) is 0 Å². The van der Waals surface area contributed by atoms with E-state index in [2.05, 4.69) is 13.8 Å². The van der Waals surface area contributed by atoms with E-state index in [0.717, 1.165) is 25.8 Å². The molecule has 0 bridgehead atoms. The molecule has 0 aromatic rings. The van der Waals surface area contributed by atoms with Crippen molar-refractivity contribution in [1.29, 1.82) is 0 Å². The molecule has 1 heterocycles. The molecule has 1 atom stereocenters. The summed E-state index contributed by atoms with van der Waals surface area (Å²) in [6, 6.07) is 0.0268. The number of hydrogen-bond donors (Lipinski definition) is 1. The molecule has 82 valence electrons. The molecular formula is C11H22N2O. The van der Waals surface area contributed by atoms with Gasteiger partial charge in [-0.05, 0) is 33.1 Å². The Morgan fingerprint density at radius 3 is 2.64 bits per heavy atom. The van der Waals surface area contributed by atoms with Crippen LogP contribution in [0.15, 0.2) is 0 Å². The molecule has 0 aromatic carbocycles. The molecule has 0 spiro atoms. The van der Waals surface area contributed by atoms with E-state index < -0.39 is 0 Å². The number of hydrogen-bond acceptors (Lipinski definition) is 2. The molecule has 0 radical (unpaired) electrons. The largest absolute Gasteiger partial charge is 0.338 e. The topological polar surface area (TPSA) is 46.3 Å². The molecule has 3 heteroatoms. The molecule has 14 heavy (non-hydrogen) atoms. The van der Waals surface area contributed by atoms with Gasteiger partial charge in [0.05, 0.1) is 0 Å². The maximum Gasteiger partial charge on any atom is 0.224 e. The van der Waals surface area contributed by atoms with E-state index in [-0.39, 0.29) is 17.5 Å². The van der Waals surface area contributed by atoms with Gasteiger partial charge in [-0.1, -0.05) is 6.92 Å². The summed E-state index contributed by atoms with van der Waals surface area (Å²) in [5.41, 5.74) is 5.83. The number of amides is 1. The van der Waals surface area contributed by atoms with Crippen molar-refractivity contribution in [2.45, 2.75) is 58.0 Å². The first-order chi connectivity index (χ1) is 6.47. The summed E-state index contributed by atoms with van der Waals surface area (Å²) in [7, 11) is 0. The third-order valence-electron chi connectivity index (χ3n) is 3.16. The average molecular weight is 198 g/mol. The molecule has 1 unspecified atom stereocenters. The molecule has 1 fully saturated rings. The van der Waals surface area contributed by atoms with Crippen molar-refractivity contribution in [3.05, 3.63) is 0 Å². The number of nitrogens with zero attached hydrogens (tertiary/aromatic N) is 1. The van der Waals surface area contributed by atoms with E-state index in [4.69, 9.17) is 5.73 Å². The fraction of sp³-hybridized carbons (Fsp3) is 0.909. The second-order valence-electron chi connectivity index (χ2n) is 4.83. The van der Waals surface area contributed by atoms with Gasteiger partial charge in [-0.25, -0.2) is 0 Å². The first-order valence-corrected chi connectivity index (χ1v) is 5.53. The molecule has 0 saturated carbocycles. The lowest BCUT2D eigenvalue weighted by Crippen LogP contribution is -2.44. The number of likely N-dealkylation sites (tertiary alicyclic amines) is 1. The standard InChI is InChI=1S/C11H22N2O/c1-4-9(12)8-10(14)13-7-5-6-11(13,2)3/h9H,4-8,12H2,1-3H3. The summed E-state index contributed by atoms with van der Waals surface area (Å²) in [4.78, 5) is 13.9. The SMILES string of the molecule is CCC(N)CC(=O)N1CCCC1(C)C. The number of rotatable bonds is 3. The molecule has 3 nitrogen and oxygen atoms in total. The first-order valence-electron chi connectivity index (χ1n) is 5.53. The van der Waals surface area contributed by atoms with Crippen LogP contribution in [0, 0.1) is 0 Å². The molecule has 2 N–H and O–H groups in total. The Bertz CT molecular complexity index is 213. The lowest BCUT2D eigenvalue weighted by Gasteiger charge is -2.32. The molecule has 1 saturated heterocycles. The van der Waals surface area contributed by atoms with E-state index in [9.17, 15) is 4.79 Å². The summed E-state index contributed by atoms with van der Waals surface area (Å²) in [6.07, 6.45) is 3.61. The monoisotopic (exact) mass is 198 g/mol. The zero-order valence-electron chi connectivity index (χ0n) is 9.55. The molecule has 1 aliphatic heterocycles. The summed E-state index contributed by atoms with van der Waals surface area (Å²) in [6.45, 7) is 7.19. The Labute approximate surface area is 86.6 Å². The predicted octanol–water partition coefficient (Wildman–Crippen LogP) is 1.51. The van der Waals surface area contributed by atoms with Crippen molar-refractivity contribution in [2.24, 2.45) is 5.73 Å². The van der Waals surface area contributed by atoms with Gasteiger partial charge in [-0.15, -0.1) is 0 Å². The van der Waals surface area contributed by atoms with Crippen LogP contribution in [0.4, 0.5) is 0 Å². The van der Waals surface area contributed by atoms with Crippen LogP contribution in [-0.2, 0) is 4.79 Å². The lowest BCUT2D eigenvalue weighted by atomic mass is 10.0. The first kappa shape index (κ1) is 11.5. The van der Waals surface area contributed by atoms with E-state index in [0.29, 0.717) is 6.42 Å². The van der Waals surface area contributed by atoms with Crippen LogP contribution in [0.2, 0.25) is 0 Å². The summed E-state index contributed by atoms with van der Waals surface area (Å²) >= 11 is 0. The second-order valence-corrected chi connectivity index (χ2v) is 4.83. The normalized spacial score (nSPS) is 22.4. The summed E-state index contributed by atoms with van der Waals surface area (Å²) < 4.78 is 0. The zero-order valence-corrected chi connectivity index (χ0v) is 9.55. The van der Waals surface area contributed by atoms with Gasteiger partial charge in [0.15, 0.2) is 0 Å². The van der Waals surface area contributed by atoms with E-state index in [1.807, 2.05) is 11.8 Å². The summed E-state index contributed by atoms with van der Waals surface area (Å²) in [5.74, 6) is 0.224. The van der Waals surface area contributed by atoms with Crippen LogP contribution >= 0.6 is 0 Å². The second kappa shape index (κ2) is 4.30. The quantitative estimate of drug-likeness (QED) is 0.747. The Kier molecular flexibility index (Phi) is 3.53. The van der Waals surface area contributed by atoms with E-state index in [1.165, 1.54) is 0 Å². The Morgan fingerprint density at radius 2 is 2.21 bits per heavy atom. The van der Waals surface area contributed by atoms with Crippen LogP contribution in [-0.4, -0.2) is 28.9 Å². The third-order valence-corrected chi connectivity index (χ3v) is 3.16. The Hall–Kier alpha value is -0.570. The minimum absolute atomic E-state index is 0.0268. The highest BCUT2D eigenvalue weighted by atomic mass is 16.2. The minimum Gasteiger partial charge on any atom is -0.338 e. The molecule has 1 rings (SSSR count). The maximum atomic E-state index is 11.9. The lowest BCUT2D eigenvalue weighted by molar-refractivity contribution is -0.134. The van der Waals surface area contributed by atoms with E-state index >= 15 is 0 Å². The van der Waals surface area contributed by atoms with Crippen LogP contribution in [0.3, 0.4) is 0 Å². The van der Waals surface area contributed by atoms with Crippen LogP contribution in [0.25, 0.3) is 0 Å². The highest BCUT2D eigenvalue weighted by molar-refractivity contribution is 5.77. The van der Waals surface area contributed by atoms with Crippen molar-refractivity contribution in [2.75, 3.05) is 6.54 Å². The Balaban J connectivity index is 2.52. The summed E-state index contributed by atoms with van der Waals surface area (Å²) in [5, 5.41) is 0. The van der Waals surface area contributed by atoms with Crippen LogP contribution in [0.5, 0.6) is 0 Å². The fourth-order valence-corrected chi connectivity index (χ4v) is 2.05. The van der Waals surface area contributed by atoms with Gasteiger partial charge < -0.3 is 10.6 Å². The van der Waals surface area contributed by atoms with Crippen molar-refractivity contribution < 1.29 is 4.79 Å². The molecule has 0 aromatic heterocycles. The van der Waals surface area contributed by atoms with Crippen LogP contribution in [0.1, 0.15) is 46.5 Å². The smallest absolute Gasteiger partial charge is 0.224 e. The van der Waals surface area contributed by atoms with Gasteiger partial charge in [0, 0.05) is 24.5 Å². The van der Waals surface area contributed by atoms with Gasteiger partial charge in [-0.3, -0.25) is 4.79 Å². The number of carbonyl (C=O) groups excluding carboxylic acids is 1. The highest BCUT2D eigenvalue weighted by Crippen LogP contribution is 2.28. The predicted molar refractivity (Wildman–Crippen MR) is 57.9 cm³/mol. The van der Waals surface area contributed by atoms with E-state index in [1.54, 1.807) is 0 Å². The maximum absolute atomic E-state index is 11.9. The van der Waals surface area contributed by atoms with Crippen molar-refractivity contribution >= 4 is 5.91 Å². The molecule has 1 amide bonds. The van der Waals surface area contributed by atoms with Gasteiger partial charge >= 0.3 is 0 Å². The third kappa shape index (κ3) is 2.47. The fourth-order valence-electron chi connectivity index (χ4n) is 2.05. The molecular weight excluding hydrogens is 176 g/mol. The zero-order chi connectivity index (χ0) is 10.8. The number of carbonyl (C=O) groups is 1. The van der Waals surface area contributed by atoms with Gasteiger partial charge in [0.2, 0.25) is 5.91 Å². The minimum atomic E-state index is 0.0268.